The fraction of sp³-hybridized carbons (Fsp3) is 0.348. The number of nitrogens with one attached hydrogen (secondary N) is 1. The first-order valence-electron chi connectivity index (χ1n) is 10.6. The van der Waals surface area contributed by atoms with Gasteiger partial charge in [0.2, 0.25) is 5.43 Å². The van der Waals surface area contributed by atoms with Crippen LogP contribution in [0.25, 0.3) is 0 Å². The van der Waals surface area contributed by atoms with E-state index < -0.39 is 11.3 Å². The van der Waals surface area contributed by atoms with Crippen LogP contribution in [-0.4, -0.2) is 58.0 Å². The van der Waals surface area contributed by atoms with Crippen molar-refractivity contribution in [2.24, 2.45) is 0 Å². The van der Waals surface area contributed by atoms with Crippen LogP contribution in [0.2, 0.25) is 0 Å². The Morgan fingerprint density at radius 2 is 2.09 bits per heavy atom. The van der Waals surface area contributed by atoms with Crippen LogP contribution in [0.1, 0.15) is 33.7 Å². The minimum absolute atomic E-state index is 0.0616. The van der Waals surface area contributed by atoms with E-state index in [-0.39, 0.29) is 35.6 Å². The number of hydrogen-bond acceptors (Lipinski definition) is 5. The van der Waals surface area contributed by atoms with Gasteiger partial charge in [-0.2, -0.15) is 0 Å². The highest BCUT2D eigenvalue weighted by molar-refractivity contribution is 7.10. The van der Waals surface area contributed by atoms with Gasteiger partial charge in [-0.15, -0.1) is 0 Å². The Kier molecular flexibility index (Phi) is 6.44. The summed E-state index contributed by atoms with van der Waals surface area (Å²) in [6, 6.07) is 0.355. The number of aromatic nitrogens is 1. The number of hydrogen-bond donors (Lipinski definition) is 1. The maximum atomic E-state index is 13.2. The second-order valence-corrected chi connectivity index (χ2v) is 8.28. The molecule has 1 N–H and O–H groups in total. The smallest absolute Gasteiger partial charge is 0.275 e. The molecule has 1 unspecified atom stereocenters. The molecule has 0 saturated carbocycles. The largest absolute Gasteiger partial charge is 0.474 e. The van der Waals surface area contributed by atoms with Crippen molar-refractivity contribution in [1.29, 1.82) is 0 Å². The molecular weight excluding hydrogens is 427 g/mol. The van der Waals surface area contributed by atoms with Crippen molar-refractivity contribution in [1.82, 2.24) is 19.7 Å². The lowest BCUT2D eigenvalue weighted by molar-refractivity contribution is 0.0516. The minimum Gasteiger partial charge on any atom is -0.474 e. The number of carbonyl (C=O) groups excluding carboxylic acids is 2. The molecular formula is C23H27N4O4P. The SMILES string of the molecule is C=C/C=C\C=C(/C=C)CNC(=O)c1cn2c(c(OP)c1=O)C(=O)N1C[C@H]3CCCN3[C@@H]1C2. The quantitative estimate of drug-likeness (QED) is 0.502. The van der Waals surface area contributed by atoms with Crippen molar-refractivity contribution in [2.45, 2.75) is 31.6 Å². The number of pyridine rings is 1. The summed E-state index contributed by atoms with van der Waals surface area (Å²) in [5, 5.41) is 2.75. The third-order valence-corrected chi connectivity index (χ3v) is 6.51. The van der Waals surface area contributed by atoms with E-state index in [1.807, 2.05) is 14.4 Å². The highest BCUT2D eigenvalue weighted by atomic mass is 31.0. The Hall–Kier alpha value is -2.96. The summed E-state index contributed by atoms with van der Waals surface area (Å²) in [5.74, 6) is -0.885. The first kappa shape index (κ1) is 22.2. The van der Waals surface area contributed by atoms with E-state index in [4.69, 9.17) is 4.52 Å². The van der Waals surface area contributed by atoms with Crippen LogP contribution in [0.15, 0.2) is 60.1 Å². The third kappa shape index (κ3) is 3.85. The number of allylic oxidation sites excluding steroid dienone is 4. The third-order valence-electron chi connectivity index (χ3n) is 6.27. The molecule has 0 aliphatic carbocycles. The van der Waals surface area contributed by atoms with Gasteiger partial charge >= 0.3 is 0 Å². The standard InChI is InChI=1S/C23H27N4O4P/c1-3-5-6-8-15(4-2)11-24-22(29)17-13-25-14-18-26-10-7-9-16(26)12-27(18)23(30)19(25)21(31-32)20(17)28/h3-6,8,13,16,18H,1-2,7,9-12,14,32H2,(H,24,29)/b6-5-,15-8+/t16-,18+/m1/s1. The second-order valence-electron chi connectivity index (χ2n) is 8.04. The molecule has 3 atom stereocenters. The van der Waals surface area contributed by atoms with Crippen LogP contribution >= 0.6 is 9.47 Å². The average molecular weight is 454 g/mol. The van der Waals surface area contributed by atoms with Gasteiger partial charge in [-0.25, -0.2) is 0 Å². The van der Waals surface area contributed by atoms with Crippen LogP contribution < -0.4 is 15.3 Å². The van der Waals surface area contributed by atoms with Crippen LogP contribution in [0.5, 0.6) is 5.75 Å². The summed E-state index contributed by atoms with van der Waals surface area (Å²) in [6.07, 6.45) is 12.2. The average Bonchev–Trinajstić information content (AvgIpc) is 3.38. The van der Waals surface area contributed by atoms with Gasteiger partial charge in [0.25, 0.3) is 11.8 Å². The maximum absolute atomic E-state index is 13.2. The van der Waals surface area contributed by atoms with Crippen molar-refractivity contribution in [3.63, 3.8) is 0 Å². The number of rotatable bonds is 7. The first-order chi connectivity index (χ1) is 15.5. The summed E-state index contributed by atoms with van der Waals surface area (Å²) in [6.45, 7) is 9.65. The van der Waals surface area contributed by atoms with E-state index in [2.05, 4.69) is 23.4 Å². The van der Waals surface area contributed by atoms with Gasteiger partial charge in [-0.05, 0) is 18.4 Å². The number of fused-ring (bicyclic) bond motifs is 4. The highest BCUT2D eigenvalue weighted by Crippen LogP contribution is 2.35. The normalized spacial score (nSPS) is 22.5. The lowest BCUT2D eigenvalue weighted by Gasteiger charge is -2.36. The fourth-order valence-electron chi connectivity index (χ4n) is 4.72. The van der Waals surface area contributed by atoms with E-state index in [1.165, 1.54) is 6.20 Å². The van der Waals surface area contributed by atoms with Gasteiger partial charge < -0.3 is 19.3 Å². The molecule has 3 aliphatic rings. The molecule has 4 rings (SSSR count). The summed E-state index contributed by atoms with van der Waals surface area (Å²) in [5.41, 5.74) is 0.300. The molecule has 168 valence electrons. The predicted molar refractivity (Wildman–Crippen MR) is 126 cm³/mol. The van der Waals surface area contributed by atoms with Crippen LogP contribution in [0.3, 0.4) is 0 Å². The van der Waals surface area contributed by atoms with Crippen LogP contribution in [0, 0.1) is 0 Å². The molecule has 8 nitrogen and oxygen atoms in total. The second kappa shape index (κ2) is 9.27. The molecule has 32 heavy (non-hydrogen) atoms. The minimum atomic E-state index is -0.606. The van der Waals surface area contributed by atoms with Crippen LogP contribution in [-0.2, 0) is 6.54 Å². The molecule has 4 heterocycles. The Bertz CT molecular complexity index is 1090. The summed E-state index contributed by atoms with van der Waals surface area (Å²) >= 11 is 0. The molecule has 0 bridgehead atoms. The molecule has 1 aromatic heterocycles. The molecule has 1 aromatic rings. The van der Waals surface area contributed by atoms with Gasteiger partial charge in [0.05, 0.1) is 16.0 Å². The number of nitrogens with zero attached hydrogens (tertiary/aromatic N) is 3. The van der Waals surface area contributed by atoms with Gasteiger partial charge in [0.1, 0.15) is 11.7 Å². The van der Waals surface area contributed by atoms with E-state index >= 15 is 0 Å². The van der Waals surface area contributed by atoms with E-state index in [0.29, 0.717) is 19.1 Å². The van der Waals surface area contributed by atoms with Crippen molar-refractivity contribution >= 4 is 21.3 Å². The van der Waals surface area contributed by atoms with Gasteiger partial charge in [0.15, 0.2) is 11.4 Å². The zero-order valence-electron chi connectivity index (χ0n) is 17.8. The highest BCUT2D eigenvalue weighted by Gasteiger charge is 2.48. The first-order valence-corrected chi connectivity index (χ1v) is 11.1. The molecule has 0 aromatic carbocycles. The van der Waals surface area contributed by atoms with Gasteiger partial charge in [0, 0.05) is 31.9 Å². The number of amides is 2. The monoisotopic (exact) mass is 454 g/mol. The molecule has 9 heteroatoms. The lowest BCUT2D eigenvalue weighted by atomic mass is 10.1. The van der Waals surface area contributed by atoms with Gasteiger partial charge in [-0.1, -0.05) is 43.5 Å². The summed E-state index contributed by atoms with van der Waals surface area (Å²) in [4.78, 5) is 43.3. The maximum Gasteiger partial charge on any atom is 0.275 e. The predicted octanol–water partition coefficient (Wildman–Crippen LogP) is 1.86. The summed E-state index contributed by atoms with van der Waals surface area (Å²) < 4.78 is 6.95. The lowest BCUT2D eigenvalue weighted by Crippen LogP contribution is -2.50. The molecule has 0 radical (unpaired) electrons. The van der Waals surface area contributed by atoms with Crippen molar-refractivity contribution in [3.8, 4) is 5.75 Å². The Labute approximate surface area is 189 Å². The number of carbonyl (C=O) groups is 2. The zero-order chi connectivity index (χ0) is 22.8. The Morgan fingerprint density at radius 3 is 2.81 bits per heavy atom. The summed E-state index contributed by atoms with van der Waals surface area (Å²) in [7, 11) is 2.02. The van der Waals surface area contributed by atoms with E-state index in [0.717, 1.165) is 25.0 Å². The molecule has 2 saturated heterocycles. The van der Waals surface area contributed by atoms with Gasteiger partial charge in [-0.3, -0.25) is 19.3 Å². The molecule has 2 amide bonds. The van der Waals surface area contributed by atoms with Crippen molar-refractivity contribution in [2.75, 3.05) is 19.6 Å². The Balaban J connectivity index is 1.63. The van der Waals surface area contributed by atoms with E-state index in [1.54, 1.807) is 34.9 Å². The molecule has 0 spiro atoms. The van der Waals surface area contributed by atoms with Crippen molar-refractivity contribution in [3.05, 3.63) is 76.8 Å². The van der Waals surface area contributed by atoms with Crippen LogP contribution in [0.4, 0.5) is 0 Å². The topological polar surface area (TPSA) is 83.9 Å². The fourth-order valence-corrected chi connectivity index (χ4v) is 4.94. The Morgan fingerprint density at radius 1 is 1.28 bits per heavy atom. The molecule has 3 aliphatic heterocycles. The van der Waals surface area contributed by atoms with E-state index in [9.17, 15) is 14.4 Å². The van der Waals surface area contributed by atoms with Crippen molar-refractivity contribution < 1.29 is 14.1 Å². The zero-order valence-corrected chi connectivity index (χ0v) is 19.0. The molecule has 2 fully saturated rings.